The fourth-order valence-electron chi connectivity index (χ4n) is 2.20. The van der Waals surface area contributed by atoms with Crippen LogP contribution in [0.2, 0.25) is 0 Å². The fourth-order valence-corrected chi connectivity index (χ4v) is 2.20. The summed E-state index contributed by atoms with van der Waals surface area (Å²) in [5, 5.41) is 0. The second-order valence-corrected chi connectivity index (χ2v) is 5.07. The van der Waals surface area contributed by atoms with Crippen molar-refractivity contribution < 1.29 is 4.74 Å². The lowest BCUT2D eigenvalue weighted by Gasteiger charge is -2.03. The Balaban J connectivity index is 2.08. The number of rotatable bonds is 3. The van der Waals surface area contributed by atoms with E-state index in [1.54, 1.807) is 25.3 Å². The second-order valence-electron chi connectivity index (χ2n) is 5.07. The zero-order valence-electron chi connectivity index (χ0n) is 13.0. The Bertz CT molecular complexity index is 1100. The molecule has 0 fully saturated rings. The average molecular weight is 326 g/mol. The van der Waals surface area contributed by atoms with E-state index in [0.717, 1.165) is 15.9 Å². The maximum absolute atomic E-state index is 12.1. The van der Waals surface area contributed by atoms with Crippen molar-refractivity contribution in [1.29, 1.82) is 0 Å². The van der Waals surface area contributed by atoms with Crippen molar-refractivity contribution in [2.45, 2.75) is 0 Å². The summed E-state index contributed by atoms with van der Waals surface area (Å²) in [5.41, 5.74) is -0.779. The molecule has 2 aromatic heterocycles. The lowest BCUT2D eigenvalue weighted by molar-refractivity contribution is 0.415. The van der Waals surface area contributed by atoms with Gasteiger partial charge in [0.2, 0.25) is 0 Å². The van der Waals surface area contributed by atoms with E-state index in [4.69, 9.17) is 4.74 Å². The summed E-state index contributed by atoms with van der Waals surface area (Å²) in [6.07, 6.45) is 3.20. The molecule has 8 heteroatoms. The zero-order chi connectivity index (χ0) is 17.3. The number of aryl methyl sites for hydroxylation is 1. The normalized spacial score (nSPS) is 11.2. The van der Waals surface area contributed by atoms with E-state index in [1.807, 2.05) is 12.1 Å². The molecule has 0 amide bonds. The summed E-state index contributed by atoms with van der Waals surface area (Å²) in [6, 6.07) is 7.22. The SMILES string of the molecule is COc1ccc(/C=C/c2nc3c(=O)[nH]c(=O)n(C)c3[nH]c2=O)cc1. The first-order chi connectivity index (χ1) is 11.5. The summed E-state index contributed by atoms with van der Waals surface area (Å²) in [7, 11) is 3.01. The molecule has 122 valence electrons. The van der Waals surface area contributed by atoms with Gasteiger partial charge in [0.05, 0.1) is 7.11 Å². The van der Waals surface area contributed by atoms with Gasteiger partial charge in [-0.15, -0.1) is 0 Å². The molecule has 3 rings (SSSR count). The molecule has 24 heavy (non-hydrogen) atoms. The maximum Gasteiger partial charge on any atom is 0.329 e. The van der Waals surface area contributed by atoms with Crippen molar-refractivity contribution in [1.82, 2.24) is 19.5 Å². The molecule has 0 saturated heterocycles. The van der Waals surface area contributed by atoms with E-state index in [2.05, 4.69) is 15.0 Å². The van der Waals surface area contributed by atoms with Crippen molar-refractivity contribution in [3.05, 3.63) is 66.7 Å². The van der Waals surface area contributed by atoms with Gasteiger partial charge in [0.25, 0.3) is 11.1 Å². The molecular weight excluding hydrogens is 312 g/mol. The van der Waals surface area contributed by atoms with Gasteiger partial charge in [0.1, 0.15) is 17.1 Å². The van der Waals surface area contributed by atoms with E-state index in [1.165, 1.54) is 13.1 Å². The van der Waals surface area contributed by atoms with Crippen LogP contribution in [0.1, 0.15) is 11.3 Å². The Hall–Kier alpha value is -3.42. The van der Waals surface area contributed by atoms with Crippen LogP contribution in [0.25, 0.3) is 23.3 Å². The number of benzene rings is 1. The summed E-state index contributed by atoms with van der Waals surface area (Å²) in [6.45, 7) is 0. The first-order valence-corrected chi connectivity index (χ1v) is 7.05. The Labute approximate surface area is 135 Å². The molecule has 2 heterocycles. The number of nitrogens with one attached hydrogen (secondary N) is 2. The van der Waals surface area contributed by atoms with Gasteiger partial charge in [-0.05, 0) is 23.8 Å². The molecule has 0 aliphatic heterocycles. The standard InChI is InChI=1S/C16H14N4O4/c1-20-13-12(15(22)19-16(20)23)17-11(14(21)18-13)8-5-9-3-6-10(24-2)7-4-9/h3-8H,1-2H3,(H,18,21)(H,19,22,23)/b8-5+. The minimum absolute atomic E-state index is 0.00826. The second kappa shape index (κ2) is 5.99. The van der Waals surface area contributed by atoms with E-state index in [0.29, 0.717) is 0 Å². The summed E-state index contributed by atoms with van der Waals surface area (Å²) in [4.78, 5) is 44.3. The highest BCUT2D eigenvalue weighted by Gasteiger charge is 2.09. The van der Waals surface area contributed by atoms with Crippen LogP contribution >= 0.6 is 0 Å². The third kappa shape index (κ3) is 2.76. The molecule has 0 aliphatic carbocycles. The van der Waals surface area contributed by atoms with Crippen LogP contribution in [0.15, 0.2) is 38.6 Å². The summed E-state index contributed by atoms with van der Waals surface area (Å²) in [5.74, 6) is 0.723. The van der Waals surface area contributed by atoms with Crippen LogP contribution in [-0.2, 0) is 7.05 Å². The molecule has 0 saturated carbocycles. The number of aromatic amines is 2. The molecule has 2 N–H and O–H groups in total. The van der Waals surface area contributed by atoms with Gasteiger partial charge in [0, 0.05) is 7.05 Å². The van der Waals surface area contributed by atoms with Crippen molar-refractivity contribution in [3.63, 3.8) is 0 Å². The topological polar surface area (TPSA) is 110 Å². The number of fused-ring (bicyclic) bond motifs is 1. The molecule has 8 nitrogen and oxygen atoms in total. The Kier molecular flexibility index (Phi) is 3.87. The van der Waals surface area contributed by atoms with Crippen LogP contribution < -0.4 is 21.5 Å². The fraction of sp³-hybridized carbons (Fsp3) is 0.125. The molecule has 1 aromatic carbocycles. The molecule has 0 bridgehead atoms. The predicted molar refractivity (Wildman–Crippen MR) is 90.1 cm³/mol. The Morgan fingerprint density at radius 3 is 2.42 bits per heavy atom. The predicted octanol–water partition coefficient (Wildman–Crippen LogP) is 0.489. The first-order valence-electron chi connectivity index (χ1n) is 7.05. The highest BCUT2D eigenvalue weighted by Crippen LogP contribution is 2.13. The molecule has 0 radical (unpaired) electrons. The average Bonchev–Trinajstić information content (AvgIpc) is 2.59. The van der Waals surface area contributed by atoms with E-state index in [-0.39, 0.29) is 16.9 Å². The molecule has 0 aliphatic rings. The minimum atomic E-state index is -0.650. The van der Waals surface area contributed by atoms with Gasteiger partial charge in [-0.2, -0.15) is 0 Å². The highest BCUT2D eigenvalue weighted by molar-refractivity contribution is 5.73. The van der Waals surface area contributed by atoms with E-state index in [9.17, 15) is 14.4 Å². The highest BCUT2D eigenvalue weighted by atomic mass is 16.5. The van der Waals surface area contributed by atoms with Crippen LogP contribution in [0.3, 0.4) is 0 Å². The van der Waals surface area contributed by atoms with Gasteiger partial charge in [-0.3, -0.25) is 19.1 Å². The van der Waals surface area contributed by atoms with Gasteiger partial charge in [-0.1, -0.05) is 18.2 Å². The van der Waals surface area contributed by atoms with Crippen LogP contribution in [0.5, 0.6) is 5.75 Å². The van der Waals surface area contributed by atoms with Crippen molar-refractivity contribution in [3.8, 4) is 5.75 Å². The largest absolute Gasteiger partial charge is 0.497 e. The first kappa shape index (κ1) is 15.5. The lowest BCUT2D eigenvalue weighted by atomic mass is 10.2. The zero-order valence-corrected chi connectivity index (χ0v) is 13.0. The van der Waals surface area contributed by atoms with Gasteiger partial charge >= 0.3 is 5.69 Å². The van der Waals surface area contributed by atoms with E-state index < -0.39 is 16.8 Å². The summed E-state index contributed by atoms with van der Waals surface area (Å²) < 4.78 is 6.20. The minimum Gasteiger partial charge on any atom is -0.497 e. The van der Waals surface area contributed by atoms with Crippen molar-refractivity contribution in [2.75, 3.05) is 7.11 Å². The monoisotopic (exact) mass is 326 g/mol. The molecule has 0 spiro atoms. The Morgan fingerprint density at radius 1 is 1.04 bits per heavy atom. The molecule has 0 atom stereocenters. The maximum atomic E-state index is 12.1. The number of ether oxygens (including phenoxy) is 1. The summed E-state index contributed by atoms with van der Waals surface area (Å²) >= 11 is 0. The van der Waals surface area contributed by atoms with Gasteiger partial charge < -0.3 is 9.72 Å². The van der Waals surface area contributed by atoms with Crippen LogP contribution in [0, 0.1) is 0 Å². The molecule has 0 unspecified atom stereocenters. The van der Waals surface area contributed by atoms with Crippen molar-refractivity contribution in [2.24, 2.45) is 7.05 Å². The number of H-pyrrole nitrogens is 2. The Morgan fingerprint density at radius 2 is 1.75 bits per heavy atom. The van der Waals surface area contributed by atoms with Crippen LogP contribution in [0.4, 0.5) is 0 Å². The number of aromatic nitrogens is 4. The quantitative estimate of drug-likeness (QED) is 0.728. The molecule has 3 aromatic rings. The van der Waals surface area contributed by atoms with Crippen LogP contribution in [-0.4, -0.2) is 26.6 Å². The van der Waals surface area contributed by atoms with E-state index >= 15 is 0 Å². The number of nitrogens with zero attached hydrogens (tertiary/aromatic N) is 2. The number of hydrogen-bond acceptors (Lipinski definition) is 5. The van der Waals surface area contributed by atoms with Crippen molar-refractivity contribution >= 4 is 23.3 Å². The smallest absolute Gasteiger partial charge is 0.329 e. The van der Waals surface area contributed by atoms with Gasteiger partial charge in [-0.25, -0.2) is 9.78 Å². The van der Waals surface area contributed by atoms with Gasteiger partial charge in [0.15, 0.2) is 5.52 Å². The third-order valence-electron chi connectivity index (χ3n) is 3.55. The number of methoxy groups -OCH3 is 1. The lowest BCUT2D eigenvalue weighted by Crippen LogP contribution is -2.31. The third-order valence-corrected chi connectivity index (χ3v) is 3.55. The molecular formula is C16H14N4O4. The number of hydrogen-bond donors (Lipinski definition) is 2.